The monoisotopic (exact) mass is 638 g/mol. The van der Waals surface area contributed by atoms with Gasteiger partial charge in [-0.25, -0.2) is 4.57 Å². The maximum atomic E-state index is 12.3. The van der Waals surface area contributed by atoms with Gasteiger partial charge in [-0.2, -0.15) is 0 Å². The predicted octanol–water partition coefficient (Wildman–Crippen LogP) is 9.39. The predicted molar refractivity (Wildman–Crippen MR) is 179 cm³/mol. The van der Waals surface area contributed by atoms with Crippen molar-refractivity contribution >= 4 is 19.8 Å². The highest BCUT2D eigenvalue weighted by atomic mass is 31.2. The van der Waals surface area contributed by atoms with Crippen LogP contribution in [0.15, 0.2) is 60.8 Å². The van der Waals surface area contributed by atoms with Crippen molar-refractivity contribution in [3.8, 4) is 0 Å². The Morgan fingerprint density at radius 3 is 1.70 bits per heavy atom. The lowest BCUT2D eigenvalue weighted by Crippen LogP contribution is -2.29. The number of phosphoric ester groups is 1. The lowest BCUT2D eigenvalue weighted by Gasteiger charge is -2.18. The van der Waals surface area contributed by atoms with E-state index < -0.39 is 32.5 Å². The van der Waals surface area contributed by atoms with Gasteiger partial charge in [-0.15, -0.1) is 0 Å². The molecule has 0 saturated heterocycles. The molecule has 0 aromatic rings. The van der Waals surface area contributed by atoms with E-state index in [0.29, 0.717) is 12.8 Å². The lowest BCUT2D eigenvalue weighted by molar-refractivity contribution is -0.161. The van der Waals surface area contributed by atoms with Crippen molar-refractivity contribution in [1.29, 1.82) is 0 Å². The van der Waals surface area contributed by atoms with Crippen LogP contribution in [-0.2, 0) is 28.2 Å². The Bertz CT molecular complexity index is 900. The van der Waals surface area contributed by atoms with Crippen LogP contribution in [0.4, 0.5) is 0 Å². The summed E-state index contributed by atoms with van der Waals surface area (Å²) in [6.45, 7) is 3.45. The van der Waals surface area contributed by atoms with E-state index >= 15 is 0 Å². The maximum Gasteiger partial charge on any atom is 0.469 e. The van der Waals surface area contributed by atoms with Crippen LogP contribution in [0.25, 0.3) is 0 Å². The Balaban J connectivity index is 4.14. The molecule has 0 aromatic carbocycles. The van der Waals surface area contributed by atoms with Gasteiger partial charge >= 0.3 is 19.8 Å². The number of hydrogen-bond donors (Lipinski definition) is 2. The number of phosphoric acid groups is 1. The Morgan fingerprint density at radius 2 is 1.09 bits per heavy atom. The Morgan fingerprint density at radius 1 is 0.614 bits per heavy atom. The molecule has 0 aliphatic heterocycles. The molecule has 0 radical (unpaired) electrons. The summed E-state index contributed by atoms with van der Waals surface area (Å²) < 4.78 is 26.1. The molecule has 0 aliphatic carbocycles. The Hall–Kier alpha value is -2.25. The van der Waals surface area contributed by atoms with Crippen molar-refractivity contribution in [2.75, 3.05) is 13.2 Å². The van der Waals surface area contributed by atoms with Crippen molar-refractivity contribution in [2.45, 2.75) is 136 Å². The minimum atomic E-state index is -4.76. The molecule has 0 spiro atoms. The van der Waals surface area contributed by atoms with Gasteiger partial charge in [0.2, 0.25) is 0 Å². The van der Waals surface area contributed by atoms with Crippen molar-refractivity contribution in [3.05, 3.63) is 60.8 Å². The molecule has 252 valence electrons. The number of hydrogen-bond acceptors (Lipinski definition) is 6. The number of rotatable bonds is 29. The third-order valence-corrected chi connectivity index (χ3v) is 7.01. The van der Waals surface area contributed by atoms with Crippen LogP contribution in [0, 0.1) is 0 Å². The number of carbonyl (C=O) groups is 2. The zero-order valence-corrected chi connectivity index (χ0v) is 28.2. The summed E-state index contributed by atoms with van der Waals surface area (Å²) in [6, 6.07) is 0. The van der Waals surface area contributed by atoms with Gasteiger partial charge in [-0.3, -0.25) is 14.1 Å². The lowest BCUT2D eigenvalue weighted by atomic mass is 10.1. The summed E-state index contributed by atoms with van der Waals surface area (Å²) in [6.07, 6.45) is 36.6. The third-order valence-electron chi connectivity index (χ3n) is 6.52. The van der Waals surface area contributed by atoms with Gasteiger partial charge in [0.15, 0.2) is 6.10 Å². The minimum absolute atomic E-state index is 0.155. The molecule has 2 N–H and O–H groups in total. The molecular formula is C35H59O8P. The molecule has 0 aliphatic rings. The van der Waals surface area contributed by atoms with E-state index in [0.717, 1.165) is 77.0 Å². The van der Waals surface area contributed by atoms with Gasteiger partial charge in [0.1, 0.15) is 6.61 Å². The number of ether oxygens (including phenoxy) is 2. The van der Waals surface area contributed by atoms with Gasteiger partial charge in [-0.05, 0) is 70.6 Å². The molecule has 0 aromatic heterocycles. The van der Waals surface area contributed by atoms with E-state index in [1.54, 1.807) is 0 Å². The van der Waals surface area contributed by atoms with E-state index in [1.807, 2.05) is 0 Å². The summed E-state index contributed by atoms with van der Waals surface area (Å²) in [4.78, 5) is 42.5. The summed E-state index contributed by atoms with van der Waals surface area (Å²) in [5.41, 5.74) is 0. The van der Waals surface area contributed by atoms with E-state index in [9.17, 15) is 14.2 Å². The Kier molecular flexibility index (Phi) is 29.2. The van der Waals surface area contributed by atoms with Crippen LogP contribution in [0.3, 0.4) is 0 Å². The molecule has 0 bridgehead atoms. The molecule has 0 saturated carbocycles. The fraction of sp³-hybridized carbons (Fsp3) is 0.657. The summed E-state index contributed by atoms with van der Waals surface area (Å²) in [5.74, 6) is -0.954. The minimum Gasteiger partial charge on any atom is -0.462 e. The zero-order chi connectivity index (χ0) is 32.6. The first-order valence-electron chi connectivity index (χ1n) is 16.6. The fourth-order valence-corrected chi connectivity index (χ4v) is 4.41. The SMILES string of the molecule is CC/C=C\C/C=C\C/C=C\C/C=C\CCCCC(=O)O[C@H](COC(=O)CCCCCCC/C=C\CCCC)COP(=O)(O)O. The van der Waals surface area contributed by atoms with Crippen LogP contribution in [0.1, 0.15) is 129 Å². The first kappa shape index (κ1) is 41.8. The van der Waals surface area contributed by atoms with Gasteiger partial charge in [-0.1, -0.05) is 107 Å². The molecule has 0 fully saturated rings. The second kappa shape index (κ2) is 30.8. The molecule has 0 amide bonds. The highest BCUT2D eigenvalue weighted by Gasteiger charge is 2.22. The van der Waals surface area contributed by atoms with Crippen LogP contribution >= 0.6 is 7.82 Å². The summed E-state index contributed by atoms with van der Waals surface area (Å²) in [5, 5.41) is 0. The average molecular weight is 639 g/mol. The summed E-state index contributed by atoms with van der Waals surface area (Å²) >= 11 is 0. The second-order valence-electron chi connectivity index (χ2n) is 10.7. The zero-order valence-electron chi connectivity index (χ0n) is 27.3. The molecule has 9 heteroatoms. The van der Waals surface area contributed by atoms with Crippen LogP contribution < -0.4 is 0 Å². The first-order valence-corrected chi connectivity index (χ1v) is 18.1. The molecule has 8 nitrogen and oxygen atoms in total. The van der Waals surface area contributed by atoms with E-state index in [-0.39, 0.29) is 19.4 Å². The molecule has 0 rings (SSSR count). The number of allylic oxidation sites excluding steroid dienone is 10. The first-order chi connectivity index (χ1) is 21.3. The van der Waals surface area contributed by atoms with Gasteiger partial charge in [0.05, 0.1) is 6.61 Å². The van der Waals surface area contributed by atoms with E-state index in [4.69, 9.17) is 19.3 Å². The smallest absolute Gasteiger partial charge is 0.462 e. The summed E-state index contributed by atoms with van der Waals surface area (Å²) in [7, 11) is -4.76. The third kappa shape index (κ3) is 32.7. The largest absolute Gasteiger partial charge is 0.469 e. The molecule has 44 heavy (non-hydrogen) atoms. The topological polar surface area (TPSA) is 119 Å². The molecule has 0 heterocycles. The Labute approximate surface area is 267 Å². The van der Waals surface area contributed by atoms with Crippen LogP contribution in [0.5, 0.6) is 0 Å². The second-order valence-corrected chi connectivity index (χ2v) is 12.0. The molecule has 1 atom stereocenters. The molecular weight excluding hydrogens is 579 g/mol. The number of carbonyl (C=O) groups excluding carboxylic acids is 2. The van der Waals surface area contributed by atoms with Crippen molar-refractivity contribution in [2.24, 2.45) is 0 Å². The average Bonchev–Trinajstić information content (AvgIpc) is 2.98. The van der Waals surface area contributed by atoms with Crippen molar-refractivity contribution < 1.29 is 37.9 Å². The van der Waals surface area contributed by atoms with Crippen LogP contribution in [-0.4, -0.2) is 41.0 Å². The van der Waals surface area contributed by atoms with E-state index in [1.165, 1.54) is 12.8 Å². The molecule has 0 unspecified atom stereocenters. The van der Waals surface area contributed by atoms with Crippen LogP contribution in [0.2, 0.25) is 0 Å². The normalized spacial score (nSPS) is 13.3. The van der Waals surface area contributed by atoms with Crippen molar-refractivity contribution in [3.63, 3.8) is 0 Å². The standard InChI is InChI=1S/C35H59O8P/c1-3-5-7-9-11-13-15-16-17-18-20-22-24-26-28-30-35(37)43-33(32-42-44(38,39)40)31-41-34(36)29-27-25-23-21-19-14-12-10-8-6-4-2/h5,7,10-13,16-17,20,22,33H,3-4,6,8-9,14-15,18-19,21,23-32H2,1-2H3,(H2,38,39,40)/b7-5-,12-10-,13-11-,17-16-,22-20-/t33-/m1/s1. The van der Waals surface area contributed by atoms with Gasteiger partial charge in [0, 0.05) is 12.8 Å². The van der Waals surface area contributed by atoms with E-state index in [2.05, 4.69) is 79.1 Å². The highest BCUT2D eigenvalue weighted by molar-refractivity contribution is 7.46. The fourth-order valence-electron chi connectivity index (χ4n) is 4.05. The number of unbranched alkanes of at least 4 members (excludes halogenated alkanes) is 9. The van der Waals surface area contributed by atoms with Gasteiger partial charge in [0.25, 0.3) is 0 Å². The quantitative estimate of drug-likeness (QED) is 0.0360. The maximum absolute atomic E-state index is 12.3. The number of esters is 2. The highest BCUT2D eigenvalue weighted by Crippen LogP contribution is 2.35. The van der Waals surface area contributed by atoms with Crippen molar-refractivity contribution in [1.82, 2.24) is 0 Å². The van der Waals surface area contributed by atoms with Gasteiger partial charge < -0.3 is 19.3 Å².